The van der Waals surface area contributed by atoms with Crippen LogP contribution in [0.3, 0.4) is 0 Å². The minimum absolute atomic E-state index is 0.0580. The predicted molar refractivity (Wildman–Crippen MR) is 74.4 cm³/mol. The molecule has 0 atom stereocenters. The Morgan fingerprint density at radius 2 is 2.06 bits per heavy atom. The summed E-state index contributed by atoms with van der Waals surface area (Å²) in [5.41, 5.74) is 1.47. The molecule has 0 saturated carbocycles. The van der Waals surface area contributed by atoms with Crippen LogP contribution >= 0.6 is 27.5 Å². The molecule has 0 aliphatic rings. The van der Waals surface area contributed by atoms with Gasteiger partial charge in [-0.3, -0.25) is 0 Å². The highest BCUT2D eigenvalue weighted by molar-refractivity contribution is 9.10. The largest absolute Gasteiger partial charge is 0.372 e. The van der Waals surface area contributed by atoms with Gasteiger partial charge in [-0.25, -0.2) is 14.4 Å². The van der Waals surface area contributed by atoms with Crippen molar-refractivity contribution in [2.24, 2.45) is 0 Å². The quantitative estimate of drug-likeness (QED) is 0.902. The Balaban J connectivity index is 2.57. The van der Waals surface area contributed by atoms with Crippen molar-refractivity contribution in [3.05, 3.63) is 39.2 Å². The van der Waals surface area contributed by atoms with Crippen LogP contribution < -0.4 is 5.32 Å². The summed E-state index contributed by atoms with van der Waals surface area (Å²) in [7, 11) is 1.77. The molecular formula is C12H10BrClFN3. The number of anilines is 1. The van der Waals surface area contributed by atoms with Crippen LogP contribution in [0.2, 0.25) is 5.02 Å². The summed E-state index contributed by atoms with van der Waals surface area (Å²) < 4.78 is 13.9. The Morgan fingerprint density at radius 3 is 2.67 bits per heavy atom. The van der Waals surface area contributed by atoms with Gasteiger partial charge in [0.25, 0.3) is 0 Å². The molecule has 6 heteroatoms. The zero-order chi connectivity index (χ0) is 13.3. The third kappa shape index (κ3) is 2.47. The number of aryl methyl sites for hydroxylation is 1. The highest BCUT2D eigenvalue weighted by atomic mass is 79.9. The standard InChI is InChI=1S/C12H10BrClFN3/c1-6-10(13)12(16-2)18-11(17-6)7-3-4-9(15)8(14)5-7/h3-5H,1-2H3,(H,16,17,18). The summed E-state index contributed by atoms with van der Waals surface area (Å²) in [6.07, 6.45) is 0. The molecule has 2 aromatic rings. The lowest BCUT2D eigenvalue weighted by Crippen LogP contribution is -2.00. The summed E-state index contributed by atoms with van der Waals surface area (Å²) in [5, 5.41) is 3.03. The van der Waals surface area contributed by atoms with E-state index in [1.807, 2.05) is 6.92 Å². The van der Waals surface area contributed by atoms with Crippen LogP contribution in [0.25, 0.3) is 11.4 Å². The Bertz CT molecular complexity index is 604. The maximum Gasteiger partial charge on any atom is 0.161 e. The second-order valence-corrected chi connectivity index (χ2v) is 4.87. The first kappa shape index (κ1) is 13.2. The molecule has 0 bridgehead atoms. The first-order valence-electron chi connectivity index (χ1n) is 5.20. The van der Waals surface area contributed by atoms with Gasteiger partial charge < -0.3 is 5.32 Å². The van der Waals surface area contributed by atoms with Gasteiger partial charge in [-0.15, -0.1) is 0 Å². The highest BCUT2D eigenvalue weighted by Gasteiger charge is 2.11. The molecule has 0 spiro atoms. The van der Waals surface area contributed by atoms with Crippen molar-refractivity contribution in [3.63, 3.8) is 0 Å². The third-order valence-corrected chi connectivity index (χ3v) is 3.67. The normalized spacial score (nSPS) is 10.5. The molecular weight excluding hydrogens is 321 g/mol. The number of halogens is 3. The second kappa shape index (κ2) is 5.20. The molecule has 0 saturated heterocycles. The van der Waals surface area contributed by atoms with E-state index in [0.717, 1.165) is 10.2 Å². The number of rotatable bonds is 2. The van der Waals surface area contributed by atoms with Gasteiger partial charge in [-0.05, 0) is 41.1 Å². The molecule has 1 heterocycles. The summed E-state index contributed by atoms with van der Waals surface area (Å²) >= 11 is 9.15. The predicted octanol–water partition coefficient (Wildman–Crippen LogP) is 4.05. The summed E-state index contributed by atoms with van der Waals surface area (Å²) in [5.74, 6) is 0.725. The summed E-state index contributed by atoms with van der Waals surface area (Å²) in [6, 6.07) is 4.42. The van der Waals surface area contributed by atoms with Crippen LogP contribution in [-0.4, -0.2) is 17.0 Å². The van der Waals surface area contributed by atoms with Crippen molar-refractivity contribution in [1.29, 1.82) is 0 Å². The monoisotopic (exact) mass is 329 g/mol. The second-order valence-electron chi connectivity index (χ2n) is 3.67. The molecule has 0 fully saturated rings. The van der Waals surface area contributed by atoms with Gasteiger partial charge >= 0.3 is 0 Å². The molecule has 2 rings (SSSR count). The summed E-state index contributed by atoms with van der Waals surface area (Å²) in [6.45, 7) is 1.86. The van der Waals surface area contributed by atoms with E-state index < -0.39 is 5.82 Å². The lowest BCUT2D eigenvalue weighted by molar-refractivity contribution is 0.628. The van der Waals surface area contributed by atoms with E-state index in [-0.39, 0.29) is 5.02 Å². The van der Waals surface area contributed by atoms with E-state index in [4.69, 9.17) is 11.6 Å². The SMILES string of the molecule is CNc1nc(-c2ccc(F)c(Cl)c2)nc(C)c1Br. The zero-order valence-electron chi connectivity index (χ0n) is 9.76. The molecule has 3 nitrogen and oxygen atoms in total. The van der Waals surface area contributed by atoms with Crippen LogP contribution in [0, 0.1) is 12.7 Å². The molecule has 18 heavy (non-hydrogen) atoms. The Kier molecular flexibility index (Phi) is 3.82. The topological polar surface area (TPSA) is 37.8 Å². The van der Waals surface area contributed by atoms with Crippen LogP contribution in [0.15, 0.2) is 22.7 Å². The van der Waals surface area contributed by atoms with Crippen LogP contribution in [0.1, 0.15) is 5.69 Å². The van der Waals surface area contributed by atoms with Crippen molar-refractivity contribution >= 4 is 33.3 Å². The molecule has 94 valence electrons. The van der Waals surface area contributed by atoms with Crippen molar-refractivity contribution in [2.75, 3.05) is 12.4 Å². The molecule has 0 aliphatic carbocycles. The van der Waals surface area contributed by atoms with E-state index >= 15 is 0 Å². The molecule has 0 aliphatic heterocycles. The van der Waals surface area contributed by atoms with E-state index in [1.165, 1.54) is 12.1 Å². The van der Waals surface area contributed by atoms with E-state index in [9.17, 15) is 4.39 Å². The Labute approximate surface area is 118 Å². The van der Waals surface area contributed by atoms with E-state index in [1.54, 1.807) is 13.1 Å². The van der Waals surface area contributed by atoms with Crippen molar-refractivity contribution in [1.82, 2.24) is 9.97 Å². The van der Waals surface area contributed by atoms with Gasteiger partial charge in [0.05, 0.1) is 15.2 Å². The maximum absolute atomic E-state index is 13.1. The molecule has 1 aromatic carbocycles. The number of benzene rings is 1. The average molecular weight is 331 g/mol. The number of nitrogens with zero attached hydrogens (tertiary/aromatic N) is 2. The lowest BCUT2D eigenvalue weighted by atomic mass is 10.2. The fourth-order valence-electron chi connectivity index (χ4n) is 1.49. The lowest BCUT2D eigenvalue weighted by Gasteiger charge is -2.09. The van der Waals surface area contributed by atoms with E-state index in [0.29, 0.717) is 17.2 Å². The summed E-state index contributed by atoms with van der Waals surface area (Å²) in [4.78, 5) is 8.69. The minimum Gasteiger partial charge on any atom is -0.372 e. The fourth-order valence-corrected chi connectivity index (χ4v) is 2.05. The Hall–Kier alpha value is -1.20. The highest BCUT2D eigenvalue weighted by Crippen LogP contribution is 2.28. The first-order chi connectivity index (χ1) is 8.52. The van der Waals surface area contributed by atoms with Crippen molar-refractivity contribution in [3.8, 4) is 11.4 Å². The van der Waals surface area contributed by atoms with Gasteiger partial charge in [0.2, 0.25) is 0 Å². The molecule has 0 unspecified atom stereocenters. The smallest absolute Gasteiger partial charge is 0.161 e. The van der Waals surface area contributed by atoms with Gasteiger partial charge in [0.15, 0.2) is 5.82 Å². The molecule has 0 amide bonds. The van der Waals surface area contributed by atoms with Gasteiger partial charge in [0.1, 0.15) is 11.6 Å². The van der Waals surface area contributed by atoms with Gasteiger partial charge in [0, 0.05) is 12.6 Å². The molecule has 0 radical (unpaired) electrons. The third-order valence-electron chi connectivity index (χ3n) is 2.43. The number of hydrogen-bond donors (Lipinski definition) is 1. The van der Waals surface area contributed by atoms with Gasteiger partial charge in [-0.1, -0.05) is 11.6 Å². The fraction of sp³-hybridized carbons (Fsp3) is 0.167. The van der Waals surface area contributed by atoms with Crippen LogP contribution in [-0.2, 0) is 0 Å². The van der Waals surface area contributed by atoms with E-state index in [2.05, 4.69) is 31.2 Å². The maximum atomic E-state index is 13.1. The first-order valence-corrected chi connectivity index (χ1v) is 6.37. The zero-order valence-corrected chi connectivity index (χ0v) is 12.1. The van der Waals surface area contributed by atoms with Crippen LogP contribution in [0.5, 0.6) is 0 Å². The number of nitrogens with one attached hydrogen (secondary N) is 1. The minimum atomic E-state index is -0.455. The molecule has 1 N–H and O–H groups in total. The van der Waals surface area contributed by atoms with Crippen molar-refractivity contribution in [2.45, 2.75) is 6.92 Å². The molecule has 1 aromatic heterocycles. The average Bonchev–Trinajstić information content (AvgIpc) is 2.36. The Morgan fingerprint density at radius 1 is 1.33 bits per heavy atom. The van der Waals surface area contributed by atoms with Gasteiger partial charge in [-0.2, -0.15) is 0 Å². The van der Waals surface area contributed by atoms with Crippen molar-refractivity contribution < 1.29 is 4.39 Å². The van der Waals surface area contributed by atoms with Crippen LogP contribution in [0.4, 0.5) is 10.2 Å². The number of aromatic nitrogens is 2. The number of hydrogen-bond acceptors (Lipinski definition) is 3.